The first kappa shape index (κ1) is 14.1. The molecular formula is C14H16BrNO3. The van der Waals surface area contributed by atoms with Crippen LogP contribution in [0.15, 0.2) is 28.7 Å². The number of carboxylic acid groups (broad SMARTS) is 1. The van der Waals surface area contributed by atoms with Crippen LogP contribution in [-0.2, 0) is 9.59 Å². The number of carboxylic acids is 1. The van der Waals surface area contributed by atoms with Crippen molar-refractivity contribution >= 4 is 33.5 Å². The van der Waals surface area contributed by atoms with E-state index in [-0.39, 0.29) is 17.7 Å². The van der Waals surface area contributed by atoms with Crippen LogP contribution in [0.25, 0.3) is 0 Å². The van der Waals surface area contributed by atoms with Crippen molar-refractivity contribution in [1.29, 1.82) is 0 Å². The molecule has 0 bridgehead atoms. The fraction of sp³-hybridized carbons (Fsp3) is 0.429. The van der Waals surface area contributed by atoms with Gasteiger partial charge in [-0.3, -0.25) is 9.59 Å². The first-order chi connectivity index (χ1) is 9.06. The summed E-state index contributed by atoms with van der Waals surface area (Å²) in [7, 11) is 0. The molecule has 0 aliphatic heterocycles. The third-order valence-electron chi connectivity index (χ3n) is 3.49. The minimum absolute atomic E-state index is 0.0796. The number of benzene rings is 1. The van der Waals surface area contributed by atoms with Gasteiger partial charge in [-0.05, 0) is 37.5 Å². The second-order valence-corrected chi connectivity index (χ2v) is 5.81. The van der Waals surface area contributed by atoms with Gasteiger partial charge in [0.05, 0.1) is 5.92 Å². The van der Waals surface area contributed by atoms with Crippen LogP contribution < -0.4 is 5.32 Å². The molecule has 1 saturated carbocycles. The molecule has 19 heavy (non-hydrogen) atoms. The lowest BCUT2D eigenvalue weighted by Gasteiger charge is -2.25. The van der Waals surface area contributed by atoms with Crippen LogP contribution in [-0.4, -0.2) is 17.0 Å². The molecule has 2 rings (SSSR count). The highest BCUT2D eigenvalue weighted by atomic mass is 79.9. The van der Waals surface area contributed by atoms with Crippen LogP contribution in [0.1, 0.15) is 25.7 Å². The van der Waals surface area contributed by atoms with Gasteiger partial charge in [-0.2, -0.15) is 0 Å². The molecule has 102 valence electrons. The first-order valence-electron chi connectivity index (χ1n) is 6.35. The van der Waals surface area contributed by atoms with E-state index in [1.165, 1.54) is 0 Å². The molecule has 1 fully saturated rings. The van der Waals surface area contributed by atoms with Crippen LogP contribution in [0.5, 0.6) is 0 Å². The molecule has 0 heterocycles. The summed E-state index contributed by atoms with van der Waals surface area (Å²) in [5, 5.41) is 11.9. The maximum atomic E-state index is 12.1. The standard InChI is InChI=1S/C14H16BrNO3/c15-11-5-2-6-12(8-11)16-13(17)9-3-1-4-10(7-9)14(18)19/h2,5-6,8-10H,1,3-4,7H2,(H,16,17)(H,18,19). The second kappa shape index (κ2) is 6.19. The van der Waals surface area contributed by atoms with Gasteiger partial charge in [-0.25, -0.2) is 0 Å². The largest absolute Gasteiger partial charge is 0.481 e. The summed E-state index contributed by atoms with van der Waals surface area (Å²) in [4.78, 5) is 23.1. The average Bonchev–Trinajstić information content (AvgIpc) is 2.39. The topological polar surface area (TPSA) is 66.4 Å². The van der Waals surface area contributed by atoms with Crippen LogP contribution in [0.3, 0.4) is 0 Å². The Hall–Kier alpha value is -1.36. The van der Waals surface area contributed by atoms with E-state index < -0.39 is 5.97 Å². The summed E-state index contributed by atoms with van der Waals surface area (Å²) in [5.41, 5.74) is 0.733. The summed E-state index contributed by atoms with van der Waals surface area (Å²) in [6, 6.07) is 7.38. The van der Waals surface area contributed by atoms with Crippen molar-refractivity contribution in [2.45, 2.75) is 25.7 Å². The van der Waals surface area contributed by atoms with E-state index in [2.05, 4.69) is 21.2 Å². The lowest BCUT2D eigenvalue weighted by atomic mass is 9.81. The smallest absolute Gasteiger partial charge is 0.306 e. The molecule has 2 atom stereocenters. The van der Waals surface area contributed by atoms with E-state index in [0.717, 1.165) is 23.0 Å². The Balaban J connectivity index is 1.98. The third-order valence-corrected chi connectivity index (χ3v) is 3.98. The molecule has 1 aromatic rings. The minimum atomic E-state index is -0.792. The number of carbonyl (C=O) groups is 2. The molecule has 4 nitrogen and oxygen atoms in total. The predicted molar refractivity (Wildman–Crippen MR) is 75.9 cm³/mol. The van der Waals surface area contributed by atoms with E-state index >= 15 is 0 Å². The molecule has 1 aliphatic rings. The van der Waals surface area contributed by atoms with Gasteiger partial charge in [0.25, 0.3) is 0 Å². The summed E-state index contributed by atoms with van der Waals surface area (Å²) >= 11 is 3.35. The van der Waals surface area contributed by atoms with Gasteiger partial charge < -0.3 is 10.4 Å². The number of aliphatic carboxylic acids is 1. The second-order valence-electron chi connectivity index (χ2n) is 4.90. The number of halogens is 1. The molecule has 0 radical (unpaired) electrons. The Bertz CT molecular complexity index is 489. The molecule has 1 amide bonds. The number of hydrogen-bond acceptors (Lipinski definition) is 2. The van der Waals surface area contributed by atoms with E-state index in [9.17, 15) is 9.59 Å². The maximum absolute atomic E-state index is 12.1. The number of carbonyl (C=O) groups excluding carboxylic acids is 1. The Morgan fingerprint density at radius 2 is 2.00 bits per heavy atom. The van der Waals surface area contributed by atoms with Gasteiger partial charge in [-0.15, -0.1) is 0 Å². The molecular weight excluding hydrogens is 310 g/mol. The molecule has 5 heteroatoms. The number of anilines is 1. The predicted octanol–water partition coefficient (Wildman–Crippen LogP) is 3.28. The summed E-state index contributed by atoms with van der Waals surface area (Å²) in [6.45, 7) is 0. The average molecular weight is 326 g/mol. The zero-order chi connectivity index (χ0) is 13.8. The van der Waals surface area contributed by atoms with Gasteiger partial charge in [0, 0.05) is 16.1 Å². The number of rotatable bonds is 3. The van der Waals surface area contributed by atoms with Gasteiger partial charge >= 0.3 is 5.97 Å². The fourth-order valence-electron chi connectivity index (χ4n) is 2.46. The molecule has 0 spiro atoms. The number of nitrogens with one attached hydrogen (secondary N) is 1. The monoisotopic (exact) mass is 325 g/mol. The van der Waals surface area contributed by atoms with Crippen LogP contribution >= 0.6 is 15.9 Å². The summed E-state index contributed by atoms with van der Waals surface area (Å²) in [5.74, 6) is -1.45. The van der Waals surface area contributed by atoms with Crippen molar-refractivity contribution < 1.29 is 14.7 Å². The van der Waals surface area contributed by atoms with Crippen LogP contribution in [0.2, 0.25) is 0 Å². The van der Waals surface area contributed by atoms with Crippen molar-refractivity contribution in [2.75, 3.05) is 5.32 Å². The number of hydrogen-bond donors (Lipinski definition) is 2. The highest BCUT2D eigenvalue weighted by Crippen LogP contribution is 2.30. The number of amides is 1. The van der Waals surface area contributed by atoms with E-state index in [0.29, 0.717) is 12.8 Å². The Labute approximate surface area is 120 Å². The third kappa shape index (κ3) is 3.80. The van der Waals surface area contributed by atoms with Crippen LogP contribution in [0.4, 0.5) is 5.69 Å². The Morgan fingerprint density at radius 1 is 1.26 bits per heavy atom. The van der Waals surface area contributed by atoms with Crippen molar-refractivity contribution in [3.05, 3.63) is 28.7 Å². The van der Waals surface area contributed by atoms with Crippen molar-refractivity contribution in [3.8, 4) is 0 Å². The van der Waals surface area contributed by atoms with Crippen molar-refractivity contribution in [1.82, 2.24) is 0 Å². The van der Waals surface area contributed by atoms with Crippen LogP contribution in [0, 0.1) is 11.8 Å². The van der Waals surface area contributed by atoms with Gasteiger partial charge in [0.15, 0.2) is 0 Å². The molecule has 1 aliphatic carbocycles. The van der Waals surface area contributed by atoms with E-state index in [1.54, 1.807) is 0 Å². The fourth-order valence-corrected chi connectivity index (χ4v) is 2.86. The Morgan fingerprint density at radius 3 is 2.68 bits per heavy atom. The summed E-state index contributed by atoms with van der Waals surface area (Å²) < 4.78 is 0.900. The van der Waals surface area contributed by atoms with E-state index in [4.69, 9.17) is 5.11 Å². The first-order valence-corrected chi connectivity index (χ1v) is 7.15. The zero-order valence-corrected chi connectivity index (χ0v) is 12.0. The quantitative estimate of drug-likeness (QED) is 0.896. The highest BCUT2D eigenvalue weighted by Gasteiger charge is 2.30. The maximum Gasteiger partial charge on any atom is 0.306 e. The molecule has 0 aromatic heterocycles. The van der Waals surface area contributed by atoms with Crippen molar-refractivity contribution in [3.63, 3.8) is 0 Å². The van der Waals surface area contributed by atoms with E-state index in [1.807, 2.05) is 24.3 Å². The normalized spacial score (nSPS) is 22.8. The van der Waals surface area contributed by atoms with Gasteiger partial charge in [0.1, 0.15) is 0 Å². The van der Waals surface area contributed by atoms with Gasteiger partial charge in [-0.1, -0.05) is 28.4 Å². The highest BCUT2D eigenvalue weighted by molar-refractivity contribution is 9.10. The molecule has 2 unspecified atom stereocenters. The molecule has 0 saturated heterocycles. The zero-order valence-electron chi connectivity index (χ0n) is 10.4. The lowest BCUT2D eigenvalue weighted by Crippen LogP contribution is -2.30. The molecule has 1 aromatic carbocycles. The Kier molecular flexibility index (Phi) is 4.58. The minimum Gasteiger partial charge on any atom is -0.481 e. The lowest BCUT2D eigenvalue weighted by molar-refractivity contribution is -0.143. The van der Waals surface area contributed by atoms with Crippen molar-refractivity contribution in [2.24, 2.45) is 11.8 Å². The summed E-state index contributed by atoms with van der Waals surface area (Å²) in [6.07, 6.45) is 2.68. The molecule has 2 N–H and O–H groups in total. The SMILES string of the molecule is O=C(O)C1CCCC(C(=O)Nc2cccc(Br)c2)C1. The van der Waals surface area contributed by atoms with Gasteiger partial charge in [0.2, 0.25) is 5.91 Å².